The zero-order valence-electron chi connectivity index (χ0n) is 15.2. The molecule has 1 atom stereocenters. The maximum Gasteiger partial charge on any atom is 0.265 e. The first kappa shape index (κ1) is 19.8. The van der Waals surface area contributed by atoms with E-state index in [-0.39, 0.29) is 11.8 Å². The van der Waals surface area contributed by atoms with Gasteiger partial charge in [-0.1, -0.05) is 23.7 Å². The van der Waals surface area contributed by atoms with Crippen molar-refractivity contribution >= 4 is 29.1 Å². The number of nitrogens with zero attached hydrogens (tertiary/aromatic N) is 1. The fourth-order valence-electron chi connectivity index (χ4n) is 2.43. The average Bonchev–Trinajstić information content (AvgIpc) is 2.61. The number of nitrogens with one attached hydrogen (secondary N) is 1. The van der Waals surface area contributed by atoms with Crippen molar-refractivity contribution in [2.24, 2.45) is 0 Å². The predicted molar refractivity (Wildman–Crippen MR) is 103 cm³/mol. The van der Waals surface area contributed by atoms with E-state index in [1.807, 2.05) is 25.1 Å². The van der Waals surface area contributed by atoms with E-state index in [2.05, 4.69) is 5.32 Å². The first-order chi connectivity index (χ1) is 12.4. The highest BCUT2D eigenvalue weighted by Gasteiger charge is 2.15. The number of carbonyl (C=O) groups is 2. The Morgan fingerprint density at radius 2 is 1.88 bits per heavy atom. The predicted octanol–water partition coefficient (Wildman–Crippen LogP) is 4.11. The first-order valence-corrected chi connectivity index (χ1v) is 8.84. The molecule has 0 spiro atoms. The Morgan fingerprint density at radius 3 is 2.50 bits per heavy atom. The van der Waals surface area contributed by atoms with Crippen LogP contribution in [0.2, 0.25) is 5.02 Å². The maximum absolute atomic E-state index is 12.4. The van der Waals surface area contributed by atoms with E-state index >= 15 is 0 Å². The quantitative estimate of drug-likeness (QED) is 0.793. The lowest BCUT2D eigenvalue weighted by Gasteiger charge is -2.19. The van der Waals surface area contributed by atoms with Gasteiger partial charge in [0.05, 0.1) is 0 Å². The summed E-state index contributed by atoms with van der Waals surface area (Å²) in [5.41, 5.74) is 1.62. The minimum atomic E-state index is -0.663. The summed E-state index contributed by atoms with van der Waals surface area (Å²) in [7, 11) is 0. The van der Waals surface area contributed by atoms with Crippen LogP contribution in [0.3, 0.4) is 0 Å². The second-order valence-electron chi connectivity index (χ2n) is 5.94. The van der Waals surface area contributed by atoms with Crippen LogP contribution in [-0.2, 0) is 16.1 Å². The summed E-state index contributed by atoms with van der Waals surface area (Å²) in [5.74, 6) is 0.341. The number of ether oxygens (including phenoxy) is 1. The Labute approximate surface area is 158 Å². The Bertz CT molecular complexity index is 762. The molecule has 1 N–H and O–H groups in total. The molecule has 0 radical (unpaired) electrons. The van der Waals surface area contributed by atoms with Crippen molar-refractivity contribution in [3.05, 3.63) is 59.1 Å². The molecule has 0 aliphatic rings. The SMILES string of the molecule is CCN(Cc1cccc(NC(=O)C(C)Oc2ccc(Cl)cc2)c1)C(C)=O. The van der Waals surface area contributed by atoms with Crippen LogP contribution in [0.1, 0.15) is 26.3 Å². The molecular weight excluding hydrogens is 352 g/mol. The monoisotopic (exact) mass is 374 g/mol. The van der Waals surface area contributed by atoms with E-state index in [1.165, 1.54) is 0 Å². The summed E-state index contributed by atoms with van der Waals surface area (Å²) >= 11 is 5.84. The minimum absolute atomic E-state index is 0.0203. The van der Waals surface area contributed by atoms with Crippen LogP contribution in [0.25, 0.3) is 0 Å². The third kappa shape index (κ3) is 5.77. The molecule has 2 amide bonds. The second-order valence-corrected chi connectivity index (χ2v) is 6.37. The Balaban J connectivity index is 1.98. The van der Waals surface area contributed by atoms with Crippen LogP contribution >= 0.6 is 11.6 Å². The van der Waals surface area contributed by atoms with Crippen molar-refractivity contribution < 1.29 is 14.3 Å². The average molecular weight is 375 g/mol. The van der Waals surface area contributed by atoms with Crippen LogP contribution in [0, 0.1) is 0 Å². The number of carbonyl (C=O) groups excluding carboxylic acids is 2. The highest BCUT2D eigenvalue weighted by Crippen LogP contribution is 2.18. The van der Waals surface area contributed by atoms with Gasteiger partial charge in [0, 0.05) is 30.7 Å². The highest BCUT2D eigenvalue weighted by atomic mass is 35.5. The molecule has 0 aliphatic carbocycles. The van der Waals surface area contributed by atoms with Crippen LogP contribution < -0.4 is 10.1 Å². The zero-order valence-corrected chi connectivity index (χ0v) is 15.9. The standard InChI is InChI=1S/C20H23ClN2O3/c1-4-23(15(3)24)13-16-6-5-7-18(12-16)22-20(25)14(2)26-19-10-8-17(21)9-11-19/h5-12,14H,4,13H2,1-3H3,(H,22,25). The molecule has 26 heavy (non-hydrogen) atoms. The topological polar surface area (TPSA) is 58.6 Å². The summed E-state index contributed by atoms with van der Waals surface area (Å²) in [6, 6.07) is 14.3. The maximum atomic E-state index is 12.4. The van der Waals surface area contributed by atoms with Gasteiger partial charge in [0.25, 0.3) is 5.91 Å². The number of halogens is 1. The van der Waals surface area contributed by atoms with Crippen LogP contribution in [-0.4, -0.2) is 29.4 Å². The summed E-state index contributed by atoms with van der Waals surface area (Å²) < 4.78 is 5.62. The van der Waals surface area contributed by atoms with Gasteiger partial charge in [-0.05, 0) is 55.8 Å². The van der Waals surface area contributed by atoms with Crippen molar-refractivity contribution in [3.8, 4) is 5.75 Å². The number of amides is 2. The van der Waals surface area contributed by atoms with E-state index in [4.69, 9.17) is 16.3 Å². The van der Waals surface area contributed by atoms with Crippen molar-refractivity contribution in [2.45, 2.75) is 33.4 Å². The van der Waals surface area contributed by atoms with E-state index in [0.29, 0.717) is 29.5 Å². The Morgan fingerprint density at radius 1 is 1.19 bits per heavy atom. The third-order valence-corrected chi connectivity index (χ3v) is 4.14. The van der Waals surface area contributed by atoms with Gasteiger partial charge < -0.3 is 15.0 Å². The van der Waals surface area contributed by atoms with Crippen LogP contribution in [0.15, 0.2) is 48.5 Å². The largest absolute Gasteiger partial charge is 0.481 e. The van der Waals surface area contributed by atoms with Gasteiger partial charge in [0.1, 0.15) is 5.75 Å². The molecule has 2 rings (SSSR count). The fraction of sp³-hybridized carbons (Fsp3) is 0.300. The molecule has 0 fully saturated rings. The van der Waals surface area contributed by atoms with E-state index in [1.54, 1.807) is 49.1 Å². The Hall–Kier alpha value is -2.53. The van der Waals surface area contributed by atoms with Gasteiger partial charge >= 0.3 is 0 Å². The number of benzene rings is 2. The molecule has 138 valence electrons. The summed E-state index contributed by atoms with van der Waals surface area (Å²) in [5, 5.41) is 3.45. The summed E-state index contributed by atoms with van der Waals surface area (Å²) in [6.45, 7) is 6.31. The highest BCUT2D eigenvalue weighted by molar-refractivity contribution is 6.30. The molecule has 5 nitrogen and oxygen atoms in total. The zero-order chi connectivity index (χ0) is 19.1. The molecule has 6 heteroatoms. The molecule has 0 aromatic heterocycles. The van der Waals surface area contributed by atoms with Gasteiger partial charge in [-0.3, -0.25) is 9.59 Å². The van der Waals surface area contributed by atoms with Crippen molar-refractivity contribution in [1.82, 2.24) is 4.90 Å². The lowest BCUT2D eigenvalue weighted by Crippen LogP contribution is -2.30. The van der Waals surface area contributed by atoms with Crippen LogP contribution in [0.5, 0.6) is 5.75 Å². The molecular formula is C20H23ClN2O3. The third-order valence-electron chi connectivity index (χ3n) is 3.89. The van der Waals surface area contributed by atoms with Crippen molar-refractivity contribution in [2.75, 3.05) is 11.9 Å². The molecule has 2 aromatic carbocycles. The van der Waals surface area contributed by atoms with E-state index < -0.39 is 6.10 Å². The van der Waals surface area contributed by atoms with E-state index in [9.17, 15) is 9.59 Å². The lowest BCUT2D eigenvalue weighted by molar-refractivity contribution is -0.129. The summed E-state index contributed by atoms with van der Waals surface area (Å²) in [6.07, 6.45) is -0.663. The van der Waals surface area contributed by atoms with Gasteiger partial charge in [-0.2, -0.15) is 0 Å². The number of rotatable bonds is 7. The molecule has 0 saturated heterocycles. The van der Waals surface area contributed by atoms with Gasteiger partial charge in [-0.15, -0.1) is 0 Å². The van der Waals surface area contributed by atoms with E-state index in [0.717, 1.165) is 5.56 Å². The smallest absolute Gasteiger partial charge is 0.265 e. The molecule has 0 bridgehead atoms. The number of anilines is 1. The number of hydrogen-bond acceptors (Lipinski definition) is 3. The van der Waals surface area contributed by atoms with Gasteiger partial charge in [-0.25, -0.2) is 0 Å². The molecule has 2 aromatic rings. The second kappa shape index (κ2) is 9.25. The van der Waals surface area contributed by atoms with Crippen molar-refractivity contribution in [1.29, 1.82) is 0 Å². The van der Waals surface area contributed by atoms with Gasteiger partial charge in [0.2, 0.25) is 5.91 Å². The van der Waals surface area contributed by atoms with Crippen molar-refractivity contribution in [3.63, 3.8) is 0 Å². The van der Waals surface area contributed by atoms with Crippen LogP contribution in [0.4, 0.5) is 5.69 Å². The molecule has 0 heterocycles. The normalized spacial score (nSPS) is 11.5. The first-order valence-electron chi connectivity index (χ1n) is 8.46. The summed E-state index contributed by atoms with van der Waals surface area (Å²) in [4.78, 5) is 25.6. The molecule has 0 saturated carbocycles. The molecule has 0 aliphatic heterocycles. The fourth-order valence-corrected chi connectivity index (χ4v) is 2.55. The minimum Gasteiger partial charge on any atom is -0.481 e. The Kier molecular flexibility index (Phi) is 7.04. The molecule has 1 unspecified atom stereocenters. The lowest BCUT2D eigenvalue weighted by atomic mass is 10.2. The number of hydrogen-bond donors (Lipinski definition) is 1. The van der Waals surface area contributed by atoms with Gasteiger partial charge in [0.15, 0.2) is 6.10 Å².